The standard InChI is InChI=1S/C4H7.C2H5.BrH.Mg/c1-3-4-2;1-2;;/h1,3H,4H2,2H3;1H2,2H3;1H;. The van der Waals surface area contributed by atoms with Crippen LogP contribution in [0.3, 0.4) is 0 Å². The van der Waals surface area contributed by atoms with Crippen LogP contribution in [0, 0.1) is 0 Å². The zero-order chi connectivity index (χ0) is 5.54. The van der Waals surface area contributed by atoms with Gasteiger partial charge in [-0.3, -0.25) is 0 Å². The lowest BCUT2D eigenvalue weighted by atomic mass is 10.5. The Kier molecular flexibility index (Phi) is 16.0. The Morgan fingerprint density at radius 1 is 1.38 bits per heavy atom. The van der Waals surface area contributed by atoms with E-state index < -0.39 is 0 Å². The number of halogens is 1. The maximum atomic E-state index is 2.38. The molecule has 0 spiro atoms. The molecule has 0 aromatic rings. The average Bonchev–Trinajstić information content (AvgIpc) is 1.69. The van der Waals surface area contributed by atoms with Crippen molar-refractivity contribution in [2.45, 2.75) is 24.8 Å². The minimum atomic E-state index is 0. The summed E-state index contributed by atoms with van der Waals surface area (Å²) in [6.45, 7) is 4.44. The molecule has 0 unspecified atom stereocenters. The van der Waals surface area contributed by atoms with Crippen LogP contribution in [0.2, 0.25) is 4.55 Å². The van der Waals surface area contributed by atoms with Gasteiger partial charge >= 0.3 is 20.4 Å². The van der Waals surface area contributed by atoms with Gasteiger partial charge in [0.2, 0.25) is 0 Å². The van der Waals surface area contributed by atoms with Crippen molar-refractivity contribution in [2.24, 2.45) is 0 Å². The van der Waals surface area contributed by atoms with Crippen molar-refractivity contribution in [2.75, 3.05) is 0 Å². The summed E-state index contributed by atoms with van der Waals surface area (Å²) in [5.41, 5.74) is 0. The van der Waals surface area contributed by atoms with Crippen LogP contribution in [0.5, 0.6) is 0 Å². The zero-order valence-corrected chi connectivity index (χ0v) is 8.81. The summed E-state index contributed by atoms with van der Waals surface area (Å²) < 4.78 is 3.79. The molecule has 0 rings (SSSR count). The van der Waals surface area contributed by atoms with Crippen molar-refractivity contribution in [1.29, 1.82) is 0 Å². The molecule has 8 heavy (non-hydrogen) atoms. The fourth-order valence-electron chi connectivity index (χ4n) is 0.451. The monoisotopic (exact) mass is 188 g/mol. The van der Waals surface area contributed by atoms with E-state index in [0.29, 0.717) is 0 Å². The summed E-state index contributed by atoms with van der Waals surface area (Å²) >= 11 is 0.230. The predicted octanol–water partition coefficient (Wildman–Crippen LogP) is 2.63. The molecule has 0 saturated heterocycles. The second-order valence-electron chi connectivity index (χ2n) is 1.67. The largest absolute Gasteiger partial charge is 0.396 e. The second kappa shape index (κ2) is 10.9. The van der Waals surface area contributed by atoms with Gasteiger partial charge in [-0.05, 0) is 6.42 Å². The molecule has 0 aliphatic rings. The highest BCUT2D eigenvalue weighted by Gasteiger charge is 1.78. The molecule has 0 amide bonds. The molecule has 0 aliphatic carbocycles. The van der Waals surface area contributed by atoms with E-state index in [1.807, 2.05) is 0 Å². The molecule has 0 fully saturated rings. The van der Waals surface area contributed by atoms with E-state index in [-0.39, 0.29) is 37.3 Å². The number of allylic oxidation sites excluding steroid dienone is 1. The van der Waals surface area contributed by atoms with Gasteiger partial charge in [0.05, 0.1) is 0 Å². The number of hydrogen-bond donors (Lipinski definition) is 0. The number of rotatable bonds is 3. The summed E-state index contributed by atoms with van der Waals surface area (Å²) in [6.07, 6.45) is 3.49. The van der Waals surface area contributed by atoms with Gasteiger partial charge in [-0.25, -0.2) is 4.21 Å². The van der Waals surface area contributed by atoms with Gasteiger partial charge in [-0.15, -0.1) is 27.6 Å². The minimum absolute atomic E-state index is 0. The molecule has 0 heterocycles. The first-order chi connectivity index (χ1) is 3.41. The van der Waals surface area contributed by atoms with Gasteiger partial charge in [0.25, 0.3) is 0 Å². The zero-order valence-electron chi connectivity index (χ0n) is 5.68. The van der Waals surface area contributed by atoms with Crippen LogP contribution in [0.1, 0.15) is 20.3 Å². The summed E-state index contributed by atoms with van der Waals surface area (Å²) in [7, 11) is 0. The summed E-state index contributed by atoms with van der Waals surface area (Å²) in [5.74, 6) is 0. The Morgan fingerprint density at radius 2 is 2.00 bits per heavy atom. The topological polar surface area (TPSA) is 0 Å². The summed E-state index contributed by atoms with van der Waals surface area (Å²) in [4.78, 5) is 0. The van der Waals surface area contributed by atoms with Gasteiger partial charge in [-0.2, -0.15) is 0 Å². The normalized spacial score (nSPS) is 8.25. The van der Waals surface area contributed by atoms with E-state index in [1.54, 1.807) is 0 Å². The molecule has 0 aromatic carbocycles. The lowest BCUT2D eigenvalue weighted by molar-refractivity contribution is 1.23. The first-order valence-corrected chi connectivity index (χ1v) is 4.88. The van der Waals surface area contributed by atoms with E-state index in [0.717, 1.165) is 0 Å². The molecule has 0 N–H and O–H groups in total. The van der Waals surface area contributed by atoms with Crippen molar-refractivity contribution in [3.05, 3.63) is 10.3 Å². The molecule has 0 aliphatic heterocycles. The highest BCUT2D eigenvalue weighted by atomic mass is 79.9. The van der Waals surface area contributed by atoms with Crippen molar-refractivity contribution < 1.29 is 0 Å². The predicted molar refractivity (Wildman–Crippen MR) is 46.0 cm³/mol. The molecule has 0 atom stereocenters. The van der Waals surface area contributed by atoms with E-state index in [1.165, 1.54) is 11.0 Å². The Balaban J connectivity index is 0. The molecule has 0 bridgehead atoms. The van der Waals surface area contributed by atoms with Crippen molar-refractivity contribution in [3.63, 3.8) is 0 Å². The first-order valence-electron chi connectivity index (χ1n) is 3.06. The van der Waals surface area contributed by atoms with Gasteiger partial charge in [-0.1, -0.05) is 13.8 Å². The van der Waals surface area contributed by atoms with E-state index in [9.17, 15) is 0 Å². The Hall–Kier alpha value is 0.986. The Bertz CT molecular complexity index is 52.5. The third-order valence-corrected chi connectivity index (χ3v) is 2.10. The molecule has 0 aromatic heterocycles. The van der Waals surface area contributed by atoms with Crippen LogP contribution in [-0.2, 0) is 0 Å². The van der Waals surface area contributed by atoms with Crippen molar-refractivity contribution >= 4 is 37.3 Å². The van der Waals surface area contributed by atoms with Gasteiger partial charge in [0, 0.05) is 0 Å². The van der Waals surface area contributed by atoms with Crippen LogP contribution in [-0.4, -0.2) is 20.4 Å². The van der Waals surface area contributed by atoms with E-state index in [4.69, 9.17) is 0 Å². The smallest absolute Gasteiger partial charge is 0.211 e. The quantitative estimate of drug-likeness (QED) is 0.599. The van der Waals surface area contributed by atoms with Gasteiger partial charge in [0.1, 0.15) is 0 Å². The van der Waals surface area contributed by atoms with Crippen molar-refractivity contribution in [3.8, 4) is 0 Å². The highest BCUT2D eigenvalue weighted by Crippen LogP contribution is 1.79. The molecule has 0 nitrogen and oxygen atoms in total. The fourth-order valence-corrected chi connectivity index (χ4v) is 1.35. The fraction of sp³-hybridized carbons (Fsp3) is 0.667. The van der Waals surface area contributed by atoms with Gasteiger partial charge in [0.15, 0.2) is 0 Å². The number of hydrogen-bond acceptors (Lipinski definition) is 0. The average molecular weight is 189 g/mol. The van der Waals surface area contributed by atoms with Gasteiger partial charge < -0.3 is 0 Å². The van der Waals surface area contributed by atoms with Crippen molar-refractivity contribution in [1.82, 2.24) is 0 Å². The molecule has 2 heteroatoms. The van der Waals surface area contributed by atoms with E-state index in [2.05, 4.69) is 24.1 Å². The van der Waals surface area contributed by atoms with Crippen LogP contribution >= 0.6 is 17.0 Å². The third-order valence-electron chi connectivity index (χ3n) is 0.858. The lowest BCUT2D eigenvalue weighted by Crippen LogP contribution is -1.75. The van der Waals surface area contributed by atoms with Crippen LogP contribution < -0.4 is 0 Å². The first kappa shape index (κ1) is 11.7. The van der Waals surface area contributed by atoms with Crippen LogP contribution in [0.25, 0.3) is 0 Å². The molecule has 46 valence electrons. The van der Waals surface area contributed by atoms with Crippen LogP contribution in [0.15, 0.2) is 10.3 Å². The highest BCUT2D eigenvalue weighted by molar-refractivity contribution is 8.93. The molecular formula is C6H13BrMg. The SMILES string of the molecule is Br.CCC=[CH][Mg][CH2]C. The summed E-state index contributed by atoms with van der Waals surface area (Å²) in [5, 5.41) is 0. The Labute approximate surface area is 72.2 Å². The second-order valence-corrected chi connectivity index (χ2v) is 3.72. The molecular weight excluding hydrogens is 176 g/mol. The lowest BCUT2D eigenvalue weighted by Gasteiger charge is -1.75. The van der Waals surface area contributed by atoms with E-state index >= 15 is 0 Å². The molecule has 0 saturated carbocycles. The third kappa shape index (κ3) is 10.1. The molecule has 0 radical (unpaired) electrons. The minimum Gasteiger partial charge on any atom is -0.211 e. The Morgan fingerprint density at radius 3 is 2.38 bits per heavy atom. The summed E-state index contributed by atoms with van der Waals surface area (Å²) in [6, 6.07) is 0. The maximum Gasteiger partial charge on any atom is 0.396 e. The maximum absolute atomic E-state index is 2.38. The van der Waals surface area contributed by atoms with Crippen LogP contribution in [0.4, 0.5) is 0 Å².